The summed E-state index contributed by atoms with van der Waals surface area (Å²) < 4.78 is 4.23. The van der Waals surface area contributed by atoms with Gasteiger partial charge in [-0.3, -0.25) is 4.61 Å². The van der Waals surface area contributed by atoms with Crippen molar-refractivity contribution in [3.8, 4) is 0 Å². The molecule has 3 rings (SSSR count). The molecule has 4 nitrogen and oxygen atoms in total. The van der Waals surface area contributed by atoms with Gasteiger partial charge < -0.3 is 14.4 Å². The molecule has 3 heterocycles. The molecule has 6 heteroatoms. The number of hydrazine groups is 1. The van der Waals surface area contributed by atoms with E-state index in [-0.39, 0.29) is 0 Å². The minimum absolute atomic E-state index is 0.967. The number of nitrogens with zero attached hydrogens (tertiary/aromatic N) is 4. The van der Waals surface area contributed by atoms with Crippen molar-refractivity contribution in [2.75, 3.05) is 13.1 Å². The zero-order valence-corrected chi connectivity index (χ0v) is 6.67. The van der Waals surface area contributed by atoms with Crippen molar-refractivity contribution < 1.29 is 9.22 Å². The molecule has 3 aliphatic rings. The van der Waals surface area contributed by atoms with Crippen LogP contribution in [0, 0.1) is 0 Å². The summed E-state index contributed by atoms with van der Waals surface area (Å²) in [6.45, 7) is 1.93. The Morgan fingerprint density at radius 2 is 2.25 bits per heavy atom. The largest absolute Gasteiger partial charge is 0.499 e. The summed E-state index contributed by atoms with van der Waals surface area (Å²) in [6, 6.07) is 0. The van der Waals surface area contributed by atoms with Gasteiger partial charge in [0, 0.05) is 6.08 Å². The highest BCUT2D eigenvalue weighted by molar-refractivity contribution is 6.29. The van der Waals surface area contributed by atoms with E-state index in [4.69, 9.17) is 0 Å². The first kappa shape index (κ1) is 6.48. The maximum Gasteiger partial charge on any atom is 0.303 e. The summed E-state index contributed by atoms with van der Waals surface area (Å²) in [5.74, 6) is 0. The summed E-state index contributed by atoms with van der Waals surface area (Å²) in [5, 5.41) is 0. The minimum atomic E-state index is 0.967. The van der Waals surface area contributed by atoms with Gasteiger partial charge in [0.25, 0.3) is 7.55 Å². The molecular formula is C6H8B2N4. The van der Waals surface area contributed by atoms with E-state index in [9.17, 15) is 0 Å². The summed E-state index contributed by atoms with van der Waals surface area (Å²) >= 11 is 0. The third-order valence-electron chi connectivity index (χ3n) is 2.20. The SMILES string of the molecule is [B-]1N2CC=CN2[B-][N+]2=[N+]1C=CC2. The van der Waals surface area contributed by atoms with Crippen LogP contribution in [0.3, 0.4) is 0 Å². The van der Waals surface area contributed by atoms with Crippen molar-refractivity contribution >= 4 is 15.1 Å². The van der Waals surface area contributed by atoms with Gasteiger partial charge in [-0.15, -0.1) is 0 Å². The molecule has 0 saturated carbocycles. The van der Waals surface area contributed by atoms with Crippen molar-refractivity contribution in [1.29, 1.82) is 0 Å². The molecular weight excluding hydrogens is 150 g/mol. The topological polar surface area (TPSA) is 12.5 Å². The quantitative estimate of drug-likeness (QED) is 0.424. The molecule has 0 aromatic heterocycles. The third-order valence-corrected chi connectivity index (χ3v) is 2.20. The predicted octanol–water partition coefficient (Wildman–Crippen LogP) is -0.881. The lowest BCUT2D eigenvalue weighted by atomic mass is 10.0. The first-order chi connectivity index (χ1) is 5.93. The predicted molar refractivity (Wildman–Crippen MR) is 43.7 cm³/mol. The van der Waals surface area contributed by atoms with Crippen LogP contribution in [0.4, 0.5) is 0 Å². The number of rotatable bonds is 0. The van der Waals surface area contributed by atoms with Crippen LogP contribution in [0.25, 0.3) is 0 Å². The van der Waals surface area contributed by atoms with Crippen LogP contribution in [0.5, 0.6) is 0 Å². The normalized spacial score (nSPS) is 26.8. The van der Waals surface area contributed by atoms with Crippen molar-refractivity contribution in [2.24, 2.45) is 0 Å². The molecule has 0 amide bonds. The van der Waals surface area contributed by atoms with Gasteiger partial charge in [0.1, 0.15) is 0 Å². The van der Waals surface area contributed by atoms with Crippen molar-refractivity contribution in [2.45, 2.75) is 0 Å². The average molecular weight is 158 g/mol. The molecule has 0 unspecified atom stereocenters. The van der Waals surface area contributed by atoms with Crippen LogP contribution in [0.15, 0.2) is 24.6 Å². The van der Waals surface area contributed by atoms with Gasteiger partial charge in [-0.2, -0.15) is 0 Å². The number of fused-ring (bicyclic) bond motifs is 1. The van der Waals surface area contributed by atoms with E-state index in [2.05, 4.69) is 58.7 Å². The molecule has 0 spiro atoms. The fourth-order valence-electron chi connectivity index (χ4n) is 1.58. The van der Waals surface area contributed by atoms with E-state index in [1.807, 2.05) is 0 Å². The molecule has 12 heavy (non-hydrogen) atoms. The second kappa shape index (κ2) is 2.23. The lowest BCUT2D eigenvalue weighted by Gasteiger charge is -2.44. The molecule has 0 atom stereocenters. The second-order valence-corrected chi connectivity index (χ2v) is 3.00. The molecule has 0 fully saturated rings. The van der Waals surface area contributed by atoms with Gasteiger partial charge in [0.2, 0.25) is 0 Å². The maximum absolute atomic E-state index is 2.14. The van der Waals surface area contributed by atoms with Gasteiger partial charge in [0.05, 0.1) is 0 Å². The summed E-state index contributed by atoms with van der Waals surface area (Å²) in [4.78, 5) is 4.23. The smallest absolute Gasteiger partial charge is 0.303 e. The van der Waals surface area contributed by atoms with E-state index in [1.165, 1.54) is 0 Å². The highest BCUT2D eigenvalue weighted by atomic mass is 15.6. The zero-order valence-electron chi connectivity index (χ0n) is 6.67. The fourth-order valence-corrected chi connectivity index (χ4v) is 1.58. The van der Waals surface area contributed by atoms with Crippen molar-refractivity contribution in [1.82, 2.24) is 9.84 Å². The Morgan fingerprint density at radius 1 is 1.25 bits per heavy atom. The van der Waals surface area contributed by atoms with Crippen LogP contribution in [0.1, 0.15) is 0 Å². The molecule has 4 radical (unpaired) electrons. The Kier molecular flexibility index (Phi) is 1.20. The highest BCUT2D eigenvalue weighted by Crippen LogP contribution is 2.10. The Labute approximate surface area is 72.6 Å². The molecule has 0 saturated heterocycles. The Morgan fingerprint density at radius 3 is 3.25 bits per heavy atom. The minimum Gasteiger partial charge on any atom is -0.499 e. The monoisotopic (exact) mass is 158 g/mol. The van der Waals surface area contributed by atoms with Gasteiger partial charge in [0.15, 0.2) is 12.7 Å². The molecule has 0 N–H and O–H groups in total. The van der Waals surface area contributed by atoms with Crippen LogP contribution >= 0.6 is 0 Å². The van der Waals surface area contributed by atoms with Gasteiger partial charge in [-0.1, -0.05) is 6.08 Å². The lowest BCUT2D eigenvalue weighted by molar-refractivity contribution is -0.869. The molecule has 58 valence electrons. The lowest BCUT2D eigenvalue weighted by Crippen LogP contribution is -2.54. The standard InChI is InChI=1S/C6H8B2N4/c1-3-9-7-11-5-2-6-12(11)8-10(9)4-1/h1-3,6H,4-5H2. The number of hydrogen-bond donors (Lipinski definition) is 0. The first-order valence-corrected chi connectivity index (χ1v) is 4.06. The third kappa shape index (κ3) is 0.783. The molecule has 0 aromatic carbocycles. The van der Waals surface area contributed by atoms with E-state index in [1.54, 1.807) is 0 Å². The summed E-state index contributed by atoms with van der Waals surface area (Å²) in [5.41, 5.74) is 0. The van der Waals surface area contributed by atoms with Gasteiger partial charge >= 0.3 is 7.55 Å². The maximum atomic E-state index is 2.14. The van der Waals surface area contributed by atoms with Crippen LogP contribution in [-0.2, 0) is 0 Å². The summed E-state index contributed by atoms with van der Waals surface area (Å²) in [7, 11) is 4.17. The Balaban J connectivity index is 1.91. The van der Waals surface area contributed by atoms with Gasteiger partial charge in [-0.25, -0.2) is 0 Å². The van der Waals surface area contributed by atoms with Crippen LogP contribution < -0.4 is 0 Å². The Bertz CT molecular complexity index is 309. The summed E-state index contributed by atoms with van der Waals surface area (Å²) in [6.07, 6.45) is 8.43. The fraction of sp³-hybridized carbons (Fsp3) is 0.333. The second-order valence-electron chi connectivity index (χ2n) is 3.00. The molecule has 0 aliphatic carbocycles. The van der Waals surface area contributed by atoms with E-state index >= 15 is 0 Å². The molecule has 0 bridgehead atoms. The van der Waals surface area contributed by atoms with Gasteiger partial charge in [-0.05, 0) is 12.7 Å². The number of hydrogen-bond acceptors (Lipinski definition) is 2. The highest BCUT2D eigenvalue weighted by Gasteiger charge is 2.21. The van der Waals surface area contributed by atoms with Crippen molar-refractivity contribution in [3.05, 3.63) is 24.6 Å². The molecule has 0 aromatic rings. The van der Waals surface area contributed by atoms with Crippen LogP contribution in [-0.4, -0.2) is 47.2 Å². The Hall–Kier alpha value is -1.03. The van der Waals surface area contributed by atoms with E-state index in [0.717, 1.165) is 13.1 Å². The number of azo groups is 1. The molecule has 3 aliphatic heterocycles. The average Bonchev–Trinajstić information content (AvgIpc) is 2.64. The zero-order chi connectivity index (χ0) is 7.97. The first-order valence-electron chi connectivity index (χ1n) is 4.06. The van der Waals surface area contributed by atoms with Crippen LogP contribution in [0.2, 0.25) is 0 Å². The van der Waals surface area contributed by atoms with E-state index < -0.39 is 0 Å². The van der Waals surface area contributed by atoms with Crippen molar-refractivity contribution in [3.63, 3.8) is 0 Å². The van der Waals surface area contributed by atoms with E-state index in [0.29, 0.717) is 0 Å².